The predicted molar refractivity (Wildman–Crippen MR) is 55.9 cm³/mol. The highest BCUT2D eigenvalue weighted by atomic mass is 16.5. The van der Waals surface area contributed by atoms with Crippen LogP contribution < -0.4 is 5.32 Å². The Labute approximate surface area is 82.0 Å². The summed E-state index contributed by atoms with van der Waals surface area (Å²) in [4.78, 5) is 0. The fourth-order valence-corrected chi connectivity index (χ4v) is 1.76. The Morgan fingerprint density at radius 2 is 1.92 bits per heavy atom. The van der Waals surface area contributed by atoms with Crippen LogP contribution in [0.25, 0.3) is 0 Å². The van der Waals surface area contributed by atoms with Crippen LogP contribution in [0.3, 0.4) is 0 Å². The van der Waals surface area contributed by atoms with E-state index in [0.29, 0.717) is 23.7 Å². The number of ether oxygens (including phenoxy) is 1. The van der Waals surface area contributed by atoms with Crippen molar-refractivity contribution in [3.8, 4) is 0 Å². The van der Waals surface area contributed by atoms with E-state index in [1.54, 1.807) is 0 Å². The molecule has 0 aromatic rings. The van der Waals surface area contributed by atoms with Crippen molar-refractivity contribution in [2.45, 2.75) is 59.3 Å². The van der Waals surface area contributed by atoms with Gasteiger partial charge in [0.15, 0.2) is 0 Å². The molecule has 0 aromatic heterocycles. The second-order valence-corrected chi connectivity index (χ2v) is 5.42. The first kappa shape index (κ1) is 11.0. The fourth-order valence-electron chi connectivity index (χ4n) is 1.76. The molecular formula is C11H23NO. The Balaban J connectivity index is 2.38. The Hall–Kier alpha value is -0.0800. The molecule has 1 fully saturated rings. The molecule has 0 saturated carbocycles. The summed E-state index contributed by atoms with van der Waals surface area (Å²) < 4.78 is 5.91. The molecule has 0 radical (unpaired) electrons. The van der Waals surface area contributed by atoms with Crippen LogP contribution in [0, 0.1) is 5.41 Å². The first-order chi connectivity index (χ1) is 5.88. The summed E-state index contributed by atoms with van der Waals surface area (Å²) in [6.45, 7) is 12.1. The number of hydrogen-bond donors (Lipinski definition) is 1. The van der Waals surface area contributed by atoms with Crippen LogP contribution in [0.4, 0.5) is 0 Å². The molecule has 1 saturated heterocycles. The van der Waals surface area contributed by atoms with E-state index in [0.717, 1.165) is 13.0 Å². The lowest BCUT2D eigenvalue weighted by molar-refractivity contribution is -0.0641. The molecule has 1 rings (SSSR count). The lowest BCUT2D eigenvalue weighted by atomic mass is 9.88. The van der Waals surface area contributed by atoms with Crippen molar-refractivity contribution in [3.05, 3.63) is 0 Å². The van der Waals surface area contributed by atoms with Gasteiger partial charge < -0.3 is 10.1 Å². The zero-order chi connectivity index (χ0) is 10.1. The normalized spacial score (nSPS) is 36.2. The Morgan fingerprint density at radius 1 is 1.31 bits per heavy atom. The molecule has 0 bridgehead atoms. The van der Waals surface area contributed by atoms with E-state index >= 15 is 0 Å². The number of nitrogens with one attached hydrogen (secondary N) is 1. The molecular weight excluding hydrogens is 162 g/mol. The van der Waals surface area contributed by atoms with Crippen LogP contribution in [0.15, 0.2) is 0 Å². The molecule has 1 N–H and O–H groups in total. The summed E-state index contributed by atoms with van der Waals surface area (Å²) in [6.07, 6.45) is 1.88. The summed E-state index contributed by atoms with van der Waals surface area (Å²) in [6, 6.07) is 0.496. The maximum absolute atomic E-state index is 5.91. The van der Waals surface area contributed by atoms with Crippen LogP contribution in [0.5, 0.6) is 0 Å². The largest absolute Gasteiger partial charge is 0.372 e. The second kappa shape index (κ2) is 3.97. The Kier molecular flexibility index (Phi) is 3.36. The van der Waals surface area contributed by atoms with Gasteiger partial charge in [0.2, 0.25) is 0 Å². The van der Waals surface area contributed by atoms with Crippen molar-refractivity contribution in [2.24, 2.45) is 5.41 Å². The van der Waals surface area contributed by atoms with E-state index < -0.39 is 0 Å². The van der Waals surface area contributed by atoms with E-state index in [-0.39, 0.29) is 0 Å². The average molecular weight is 185 g/mol. The van der Waals surface area contributed by atoms with E-state index in [1.807, 2.05) is 0 Å². The van der Waals surface area contributed by atoms with Crippen LogP contribution in [0.1, 0.15) is 41.0 Å². The van der Waals surface area contributed by atoms with Gasteiger partial charge in [-0.2, -0.15) is 0 Å². The summed E-state index contributed by atoms with van der Waals surface area (Å²) in [5.41, 5.74) is 0.368. The smallest absolute Gasteiger partial charge is 0.0709 e. The fraction of sp³-hybridized carbons (Fsp3) is 1.00. The van der Waals surface area contributed by atoms with E-state index in [2.05, 4.69) is 39.9 Å². The Bertz CT molecular complexity index is 162. The average Bonchev–Trinajstić information content (AvgIpc) is 1.94. The van der Waals surface area contributed by atoms with Crippen LogP contribution >= 0.6 is 0 Å². The van der Waals surface area contributed by atoms with Gasteiger partial charge in [0.25, 0.3) is 0 Å². The monoisotopic (exact) mass is 185 g/mol. The summed E-state index contributed by atoms with van der Waals surface area (Å²) in [5, 5.41) is 3.48. The van der Waals surface area contributed by atoms with Crippen molar-refractivity contribution < 1.29 is 4.74 Å². The zero-order valence-electron chi connectivity index (χ0n) is 9.55. The minimum absolute atomic E-state index is 0.348. The van der Waals surface area contributed by atoms with Gasteiger partial charge >= 0.3 is 0 Å². The van der Waals surface area contributed by atoms with Gasteiger partial charge in [-0.05, 0) is 25.7 Å². The van der Waals surface area contributed by atoms with Gasteiger partial charge in [-0.15, -0.1) is 0 Å². The lowest BCUT2D eigenvalue weighted by Crippen LogP contribution is -2.50. The van der Waals surface area contributed by atoms with Gasteiger partial charge in [0.1, 0.15) is 0 Å². The third-order valence-corrected chi connectivity index (χ3v) is 2.62. The number of rotatable bonds is 1. The highest BCUT2D eigenvalue weighted by molar-refractivity contribution is 4.81. The zero-order valence-corrected chi connectivity index (χ0v) is 9.55. The minimum atomic E-state index is 0.348. The molecule has 0 aromatic carbocycles. The maximum Gasteiger partial charge on any atom is 0.0709 e. The van der Waals surface area contributed by atoms with Crippen LogP contribution in [0.2, 0.25) is 0 Å². The second-order valence-electron chi connectivity index (χ2n) is 5.42. The molecule has 1 aliphatic rings. The van der Waals surface area contributed by atoms with Crippen molar-refractivity contribution >= 4 is 0 Å². The molecule has 0 amide bonds. The molecule has 0 aliphatic carbocycles. The standard InChI is InChI=1S/C11H23NO/c1-8-9(2)13-10(7-12-8)6-11(3,4)5/h8-10,12H,6-7H2,1-5H3. The molecule has 78 valence electrons. The first-order valence-corrected chi connectivity index (χ1v) is 5.27. The topological polar surface area (TPSA) is 21.3 Å². The third kappa shape index (κ3) is 3.65. The lowest BCUT2D eigenvalue weighted by Gasteiger charge is -2.36. The van der Waals surface area contributed by atoms with Crippen molar-refractivity contribution in [1.29, 1.82) is 0 Å². The molecule has 13 heavy (non-hydrogen) atoms. The van der Waals surface area contributed by atoms with Crippen LogP contribution in [-0.2, 0) is 4.74 Å². The first-order valence-electron chi connectivity index (χ1n) is 5.27. The highest BCUT2D eigenvalue weighted by Gasteiger charge is 2.27. The maximum atomic E-state index is 5.91. The van der Waals surface area contributed by atoms with Crippen LogP contribution in [-0.4, -0.2) is 24.8 Å². The SMILES string of the molecule is CC1NCC(CC(C)(C)C)OC1C. The van der Waals surface area contributed by atoms with Gasteiger partial charge in [0, 0.05) is 12.6 Å². The summed E-state index contributed by atoms with van der Waals surface area (Å²) in [5.74, 6) is 0. The quantitative estimate of drug-likeness (QED) is 0.676. The molecule has 0 spiro atoms. The van der Waals surface area contributed by atoms with E-state index in [4.69, 9.17) is 4.74 Å². The van der Waals surface area contributed by atoms with E-state index in [9.17, 15) is 0 Å². The number of morpholine rings is 1. The minimum Gasteiger partial charge on any atom is -0.372 e. The summed E-state index contributed by atoms with van der Waals surface area (Å²) in [7, 11) is 0. The molecule has 1 heterocycles. The molecule has 1 aliphatic heterocycles. The van der Waals surface area contributed by atoms with E-state index in [1.165, 1.54) is 0 Å². The highest BCUT2D eigenvalue weighted by Crippen LogP contribution is 2.24. The summed E-state index contributed by atoms with van der Waals surface area (Å²) >= 11 is 0. The Morgan fingerprint density at radius 3 is 2.38 bits per heavy atom. The molecule has 3 atom stereocenters. The van der Waals surface area contributed by atoms with Crippen molar-refractivity contribution in [2.75, 3.05) is 6.54 Å². The predicted octanol–water partition coefficient (Wildman–Crippen LogP) is 2.19. The molecule has 2 nitrogen and oxygen atoms in total. The third-order valence-electron chi connectivity index (χ3n) is 2.62. The van der Waals surface area contributed by atoms with Gasteiger partial charge in [-0.1, -0.05) is 20.8 Å². The number of hydrogen-bond acceptors (Lipinski definition) is 2. The van der Waals surface area contributed by atoms with Gasteiger partial charge in [-0.3, -0.25) is 0 Å². The molecule has 3 unspecified atom stereocenters. The molecule has 2 heteroatoms. The van der Waals surface area contributed by atoms with Crippen molar-refractivity contribution in [3.63, 3.8) is 0 Å². The van der Waals surface area contributed by atoms with Gasteiger partial charge in [0.05, 0.1) is 12.2 Å². The van der Waals surface area contributed by atoms with Gasteiger partial charge in [-0.25, -0.2) is 0 Å². The van der Waals surface area contributed by atoms with Crippen molar-refractivity contribution in [1.82, 2.24) is 5.32 Å².